The largest absolute Gasteiger partial charge is 0.291 e. The summed E-state index contributed by atoms with van der Waals surface area (Å²) in [6.07, 6.45) is 0. The summed E-state index contributed by atoms with van der Waals surface area (Å²) in [6, 6.07) is 58.7. The second-order valence-corrected chi connectivity index (χ2v) is 12.3. The Bertz CT molecular complexity index is 2810. The zero-order chi connectivity index (χ0) is 32.9. The van der Waals surface area contributed by atoms with Gasteiger partial charge >= 0.3 is 0 Å². The van der Waals surface area contributed by atoms with Gasteiger partial charge in [-0.05, 0) is 86.9 Å². The normalized spacial score (nSPS) is 11.2. The highest BCUT2D eigenvalue weighted by atomic mass is 15.0. The molecule has 0 aliphatic heterocycles. The predicted octanol–water partition coefficient (Wildman–Crippen LogP) is 11.2. The van der Waals surface area contributed by atoms with Crippen molar-refractivity contribution < 1.29 is 0 Å². The molecule has 9 aromatic rings. The van der Waals surface area contributed by atoms with Gasteiger partial charge in [-0.25, -0.2) is 4.98 Å². The van der Waals surface area contributed by atoms with Crippen molar-refractivity contribution in [2.24, 2.45) is 0 Å². The summed E-state index contributed by atoms with van der Waals surface area (Å²) in [7, 11) is 0. The van der Waals surface area contributed by atoms with Crippen molar-refractivity contribution in [2.45, 2.75) is 0 Å². The molecule has 9 rings (SSSR count). The molecule has 0 atom stereocenters. The fourth-order valence-electron chi connectivity index (χ4n) is 6.97. The van der Waals surface area contributed by atoms with Gasteiger partial charge in [-0.1, -0.05) is 109 Å². The third-order valence-electron chi connectivity index (χ3n) is 9.45. The maximum absolute atomic E-state index is 9.48. The third kappa shape index (κ3) is 4.71. The van der Waals surface area contributed by atoms with Crippen LogP contribution in [0.5, 0.6) is 0 Å². The van der Waals surface area contributed by atoms with Crippen molar-refractivity contribution in [3.63, 3.8) is 0 Å². The number of hydrogen-bond acceptors (Lipinski definition) is 3. The van der Waals surface area contributed by atoms with E-state index in [4.69, 9.17) is 4.98 Å². The number of para-hydroxylation sites is 1. The number of hydrogen-bond donors (Lipinski definition) is 0. The average Bonchev–Trinajstić information content (AvgIpc) is 3.59. The second kappa shape index (κ2) is 11.4. The SMILES string of the molecule is N#Cc1ccc(-c2nc3c4ccc(-c5ccc(-c6ccc7ccccc7c6)cc5)cc4c4ccccc4n3c2-c2ccc(C#N)cc2)cc1. The number of aromatic nitrogens is 2. The van der Waals surface area contributed by atoms with Crippen LogP contribution in [0, 0.1) is 22.7 Å². The van der Waals surface area contributed by atoms with E-state index in [0.29, 0.717) is 11.1 Å². The quantitative estimate of drug-likeness (QED) is 0.183. The standard InChI is InChI=1S/C45H26N4/c46-27-29-9-13-34(14-10-29)43-44(35-15-11-30(28-47)12-16-35)49-42-8-4-3-7-39(42)41-26-38(23-24-40(41)45(49)48-43)33-19-17-32(18-20-33)37-22-21-31-5-1-2-6-36(31)25-37/h1-26H. The summed E-state index contributed by atoms with van der Waals surface area (Å²) in [4.78, 5) is 5.32. The van der Waals surface area contributed by atoms with Gasteiger partial charge in [-0.3, -0.25) is 4.40 Å². The maximum Gasteiger partial charge on any atom is 0.146 e. The number of fused-ring (bicyclic) bond motifs is 7. The molecule has 7 aromatic carbocycles. The summed E-state index contributed by atoms with van der Waals surface area (Å²) >= 11 is 0. The number of nitriles is 2. The Morgan fingerprint density at radius 3 is 1.67 bits per heavy atom. The average molecular weight is 623 g/mol. The van der Waals surface area contributed by atoms with Crippen LogP contribution in [0.2, 0.25) is 0 Å². The van der Waals surface area contributed by atoms with Gasteiger partial charge in [0.05, 0.1) is 40.2 Å². The molecular formula is C45H26N4. The minimum Gasteiger partial charge on any atom is -0.291 e. The fourth-order valence-corrected chi connectivity index (χ4v) is 6.97. The summed E-state index contributed by atoms with van der Waals surface area (Å²) in [5.41, 5.74) is 11.4. The molecule has 226 valence electrons. The lowest BCUT2D eigenvalue weighted by Crippen LogP contribution is -1.95. The number of pyridine rings is 1. The van der Waals surface area contributed by atoms with E-state index in [1.807, 2.05) is 48.5 Å². The Balaban J connectivity index is 1.23. The van der Waals surface area contributed by atoms with Gasteiger partial charge in [0.2, 0.25) is 0 Å². The van der Waals surface area contributed by atoms with Crippen LogP contribution in [0.4, 0.5) is 0 Å². The third-order valence-corrected chi connectivity index (χ3v) is 9.45. The van der Waals surface area contributed by atoms with E-state index in [0.717, 1.165) is 61.0 Å². The molecular weight excluding hydrogens is 597 g/mol. The number of rotatable bonds is 4. The smallest absolute Gasteiger partial charge is 0.146 e. The van der Waals surface area contributed by atoms with Crippen LogP contribution < -0.4 is 0 Å². The molecule has 0 unspecified atom stereocenters. The van der Waals surface area contributed by atoms with Crippen LogP contribution in [-0.2, 0) is 0 Å². The Hall–Kier alpha value is -7.01. The molecule has 0 aliphatic carbocycles. The van der Waals surface area contributed by atoms with Crippen LogP contribution in [0.25, 0.3) is 82.9 Å². The van der Waals surface area contributed by atoms with E-state index in [1.54, 1.807) is 0 Å². The van der Waals surface area contributed by atoms with Crippen LogP contribution in [-0.4, -0.2) is 9.38 Å². The second-order valence-electron chi connectivity index (χ2n) is 12.3. The van der Waals surface area contributed by atoms with Crippen molar-refractivity contribution in [1.29, 1.82) is 10.5 Å². The van der Waals surface area contributed by atoms with Crippen LogP contribution in [0.3, 0.4) is 0 Å². The van der Waals surface area contributed by atoms with Gasteiger partial charge in [-0.15, -0.1) is 0 Å². The van der Waals surface area contributed by atoms with E-state index in [-0.39, 0.29) is 0 Å². The molecule has 4 heteroatoms. The molecule has 0 bridgehead atoms. The van der Waals surface area contributed by atoms with Crippen LogP contribution in [0.15, 0.2) is 158 Å². The Labute approximate surface area is 283 Å². The number of imidazole rings is 1. The molecule has 0 saturated carbocycles. The molecule has 2 heterocycles. The zero-order valence-electron chi connectivity index (χ0n) is 26.3. The molecule has 49 heavy (non-hydrogen) atoms. The van der Waals surface area contributed by atoms with Gasteiger partial charge in [-0.2, -0.15) is 10.5 Å². The fraction of sp³-hybridized carbons (Fsp3) is 0. The highest BCUT2D eigenvalue weighted by molar-refractivity contribution is 6.14. The monoisotopic (exact) mass is 622 g/mol. The first-order chi connectivity index (χ1) is 24.2. The highest BCUT2D eigenvalue weighted by Gasteiger charge is 2.21. The van der Waals surface area contributed by atoms with Gasteiger partial charge in [0.15, 0.2) is 0 Å². The lowest BCUT2D eigenvalue weighted by molar-refractivity contribution is 1.27. The zero-order valence-corrected chi connectivity index (χ0v) is 26.3. The van der Waals surface area contributed by atoms with Crippen LogP contribution >= 0.6 is 0 Å². The topological polar surface area (TPSA) is 64.9 Å². The molecule has 0 radical (unpaired) electrons. The highest BCUT2D eigenvalue weighted by Crippen LogP contribution is 2.40. The molecule has 0 fully saturated rings. The molecule has 4 nitrogen and oxygen atoms in total. The molecule has 0 saturated heterocycles. The predicted molar refractivity (Wildman–Crippen MR) is 199 cm³/mol. The maximum atomic E-state index is 9.48. The molecule has 0 spiro atoms. The Morgan fingerprint density at radius 1 is 0.429 bits per heavy atom. The van der Waals surface area contributed by atoms with Gasteiger partial charge in [0, 0.05) is 21.9 Å². The van der Waals surface area contributed by atoms with Crippen molar-refractivity contribution in [3.05, 3.63) is 169 Å². The minimum atomic E-state index is 0.598. The summed E-state index contributed by atoms with van der Waals surface area (Å²) in [5.74, 6) is 0. The van der Waals surface area contributed by atoms with Crippen molar-refractivity contribution in [3.8, 4) is 56.9 Å². The summed E-state index contributed by atoms with van der Waals surface area (Å²) in [5, 5.41) is 24.7. The lowest BCUT2D eigenvalue weighted by Gasteiger charge is -2.13. The first-order valence-corrected chi connectivity index (χ1v) is 16.2. The summed E-state index contributed by atoms with van der Waals surface area (Å²) in [6.45, 7) is 0. The molecule has 0 aliphatic rings. The Morgan fingerprint density at radius 2 is 0.980 bits per heavy atom. The minimum absolute atomic E-state index is 0.598. The number of nitrogens with zero attached hydrogens (tertiary/aromatic N) is 4. The van der Waals surface area contributed by atoms with Crippen molar-refractivity contribution in [1.82, 2.24) is 9.38 Å². The van der Waals surface area contributed by atoms with E-state index in [9.17, 15) is 10.5 Å². The number of benzene rings is 7. The molecule has 2 aromatic heterocycles. The molecule has 0 amide bonds. The van der Waals surface area contributed by atoms with E-state index >= 15 is 0 Å². The van der Waals surface area contributed by atoms with Crippen molar-refractivity contribution >= 4 is 38.1 Å². The first kappa shape index (κ1) is 28.2. The first-order valence-electron chi connectivity index (χ1n) is 16.2. The van der Waals surface area contributed by atoms with Gasteiger partial charge in [0.25, 0.3) is 0 Å². The van der Waals surface area contributed by atoms with Gasteiger partial charge < -0.3 is 0 Å². The lowest BCUT2D eigenvalue weighted by atomic mass is 9.96. The van der Waals surface area contributed by atoms with E-state index in [2.05, 4.69) is 126 Å². The Kier molecular flexibility index (Phi) is 6.54. The summed E-state index contributed by atoms with van der Waals surface area (Å²) < 4.78 is 2.24. The van der Waals surface area contributed by atoms with E-state index < -0.39 is 0 Å². The van der Waals surface area contributed by atoms with E-state index in [1.165, 1.54) is 21.9 Å². The van der Waals surface area contributed by atoms with Crippen LogP contribution in [0.1, 0.15) is 11.1 Å². The van der Waals surface area contributed by atoms with Crippen molar-refractivity contribution in [2.75, 3.05) is 0 Å². The molecule has 0 N–H and O–H groups in total. The van der Waals surface area contributed by atoms with Gasteiger partial charge in [0.1, 0.15) is 5.65 Å².